The minimum absolute atomic E-state index is 0.130. The first-order valence-electron chi connectivity index (χ1n) is 10.4. The van der Waals surface area contributed by atoms with Gasteiger partial charge in [-0.05, 0) is 54.0 Å². The first-order chi connectivity index (χ1) is 15.0. The molecule has 2 amide bonds. The lowest BCUT2D eigenvalue weighted by Gasteiger charge is -2.41. The monoisotopic (exact) mass is 434 g/mol. The van der Waals surface area contributed by atoms with E-state index in [1.807, 2.05) is 35.7 Å². The van der Waals surface area contributed by atoms with Gasteiger partial charge in [0, 0.05) is 18.0 Å². The van der Waals surface area contributed by atoms with Gasteiger partial charge < -0.3 is 15.4 Å². The van der Waals surface area contributed by atoms with E-state index < -0.39 is 5.41 Å². The number of primary amides is 1. The summed E-state index contributed by atoms with van der Waals surface area (Å²) in [5.74, 6) is 0.0473. The molecule has 160 valence electrons. The Hall–Kier alpha value is -3.12. The van der Waals surface area contributed by atoms with Crippen LogP contribution in [0, 0.1) is 5.41 Å². The van der Waals surface area contributed by atoms with Gasteiger partial charge in [0.05, 0.1) is 18.1 Å². The Balaban J connectivity index is 1.65. The molecule has 1 atom stereocenters. The lowest BCUT2D eigenvalue weighted by atomic mass is 9.73. The maximum atomic E-state index is 13.3. The van der Waals surface area contributed by atoms with Crippen molar-refractivity contribution in [2.24, 2.45) is 11.1 Å². The number of thiophene rings is 1. The fourth-order valence-electron chi connectivity index (χ4n) is 4.44. The Morgan fingerprint density at radius 1 is 1.10 bits per heavy atom. The largest absolute Gasteiger partial charge is 0.496 e. The minimum Gasteiger partial charge on any atom is -0.496 e. The molecule has 3 aromatic rings. The fraction of sp³-hybridized carbons (Fsp3) is 0.280. The molecule has 0 bridgehead atoms. The van der Waals surface area contributed by atoms with E-state index in [-0.39, 0.29) is 11.8 Å². The molecule has 1 aliphatic heterocycles. The molecule has 31 heavy (non-hydrogen) atoms. The molecule has 1 aromatic heterocycles. The van der Waals surface area contributed by atoms with Crippen LogP contribution < -0.4 is 10.5 Å². The molecule has 4 rings (SSSR count). The molecule has 0 unspecified atom stereocenters. The smallest absolute Gasteiger partial charge is 0.257 e. The summed E-state index contributed by atoms with van der Waals surface area (Å²) >= 11 is 1.67. The molecule has 5 nitrogen and oxygen atoms in total. The molecule has 0 aliphatic carbocycles. The predicted molar refractivity (Wildman–Crippen MR) is 123 cm³/mol. The van der Waals surface area contributed by atoms with Gasteiger partial charge >= 0.3 is 0 Å². The van der Waals surface area contributed by atoms with Crippen molar-refractivity contribution in [3.8, 4) is 16.2 Å². The van der Waals surface area contributed by atoms with Gasteiger partial charge in [-0.15, -0.1) is 11.3 Å². The number of benzene rings is 2. The number of rotatable bonds is 6. The van der Waals surface area contributed by atoms with Gasteiger partial charge in [-0.2, -0.15) is 0 Å². The van der Waals surface area contributed by atoms with Crippen LogP contribution in [0.15, 0.2) is 66.0 Å². The highest BCUT2D eigenvalue weighted by Crippen LogP contribution is 2.38. The van der Waals surface area contributed by atoms with Crippen molar-refractivity contribution in [1.82, 2.24) is 4.90 Å². The average molecular weight is 435 g/mol. The van der Waals surface area contributed by atoms with E-state index in [0.29, 0.717) is 37.2 Å². The summed E-state index contributed by atoms with van der Waals surface area (Å²) in [7, 11) is 1.55. The molecular formula is C25H26N2O3S. The van der Waals surface area contributed by atoms with Crippen LogP contribution in [-0.2, 0) is 11.2 Å². The molecule has 2 heterocycles. The van der Waals surface area contributed by atoms with E-state index in [9.17, 15) is 9.59 Å². The van der Waals surface area contributed by atoms with Crippen LogP contribution in [-0.4, -0.2) is 36.9 Å². The molecule has 0 radical (unpaired) electrons. The normalized spacial score (nSPS) is 18.5. The standard InChI is InChI=1S/C25H26N2O3S/c1-30-21-11-5-4-10-20(21)23(28)27-14-7-13-25(17-27,24(26)29)16-18-8-2-3-9-19(18)22-12-6-15-31-22/h2-6,8-12,15H,7,13-14,16-17H2,1H3,(H2,26,29)/t25-/m1/s1. The van der Waals surface area contributed by atoms with Gasteiger partial charge in [0.25, 0.3) is 5.91 Å². The summed E-state index contributed by atoms with van der Waals surface area (Å²) in [5.41, 5.74) is 7.87. The number of carbonyl (C=O) groups excluding carboxylic acids is 2. The van der Waals surface area contributed by atoms with Gasteiger partial charge in [-0.3, -0.25) is 9.59 Å². The number of nitrogens with zero attached hydrogens (tertiary/aromatic N) is 1. The van der Waals surface area contributed by atoms with Crippen molar-refractivity contribution in [1.29, 1.82) is 0 Å². The summed E-state index contributed by atoms with van der Waals surface area (Å²) in [6, 6.07) is 19.4. The molecule has 2 N–H and O–H groups in total. The maximum absolute atomic E-state index is 13.3. The summed E-state index contributed by atoms with van der Waals surface area (Å²) in [6.07, 6.45) is 1.90. The van der Waals surface area contributed by atoms with E-state index in [0.717, 1.165) is 22.4 Å². The zero-order chi connectivity index (χ0) is 21.8. The quantitative estimate of drug-likeness (QED) is 0.626. The van der Waals surface area contributed by atoms with Gasteiger partial charge in [-0.25, -0.2) is 0 Å². The van der Waals surface area contributed by atoms with Gasteiger partial charge in [0.1, 0.15) is 5.75 Å². The Bertz CT molecular complexity index is 1080. The van der Waals surface area contributed by atoms with Crippen LogP contribution in [0.5, 0.6) is 5.75 Å². The van der Waals surface area contributed by atoms with Gasteiger partial charge in [0.2, 0.25) is 5.91 Å². The van der Waals surface area contributed by atoms with Crippen LogP contribution in [0.25, 0.3) is 10.4 Å². The highest BCUT2D eigenvalue weighted by atomic mass is 32.1. The van der Waals surface area contributed by atoms with Crippen LogP contribution >= 0.6 is 11.3 Å². The number of hydrogen-bond acceptors (Lipinski definition) is 4. The van der Waals surface area contributed by atoms with Crippen LogP contribution in [0.2, 0.25) is 0 Å². The van der Waals surface area contributed by atoms with Crippen LogP contribution in [0.4, 0.5) is 0 Å². The van der Waals surface area contributed by atoms with Crippen molar-refractivity contribution in [3.05, 3.63) is 77.2 Å². The zero-order valence-electron chi connectivity index (χ0n) is 17.5. The lowest BCUT2D eigenvalue weighted by Crippen LogP contribution is -2.53. The Labute approximate surface area is 186 Å². The van der Waals surface area contributed by atoms with Crippen molar-refractivity contribution in [2.75, 3.05) is 20.2 Å². The number of piperidine rings is 1. The third-order valence-electron chi connectivity index (χ3n) is 6.06. The number of para-hydroxylation sites is 1. The van der Waals surface area contributed by atoms with E-state index in [4.69, 9.17) is 10.5 Å². The topological polar surface area (TPSA) is 72.6 Å². The van der Waals surface area contributed by atoms with Crippen molar-refractivity contribution in [2.45, 2.75) is 19.3 Å². The molecular weight excluding hydrogens is 408 g/mol. The van der Waals surface area contributed by atoms with Gasteiger partial charge in [0.15, 0.2) is 0 Å². The lowest BCUT2D eigenvalue weighted by molar-refractivity contribution is -0.130. The van der Waals surface area contributed by atoms with E-state index >= 15 is 0 Å². The summed E-state index contributed by atoms with van der Waals surface area (Å²) in [4.78, 5) is 29.0. The molecule has 0 saturated carbocycles. The fourth-order valence-corrected chi connectivity index (χ4v) is 5.23. The van der Waals surface area contributed by atoms with Crippen LogP contribution in [0.3, 0.4) is 0 Å². The first-order valence-corrected chi connectivity index (χ1v) is 11.3. The molecule has 1 saturated heterocycles. The summed E-state index contributed by atoms with van der Waals surface area (Å²) in [5, 5.41) is 2.05. The Kier molecular flexibility index (Phi) is 6.09. The van der Waals surface area contributed by atoms with Crippen molar-refractivity contribution >= 4 is 23.2 Å². The number of hydrogen-bond donors (Lipinski definition) is 1. The molecule has 1 aliphatic rings. The second-order valence-corrected chi connectivity index (χ2v) is 8.93. The number of amides is 2. The Morgan fingerprint density at radius 3 is 2.61 bits per heavy atom. The second kappa shape index (κ2) is 8.94. The zero-order valence-corrected chi connectivity index (χ0v) is 18.4. The number of likely N-dealkylation sites (tertiary alicyclic amines) is 1. The number of methoxy groups -OCH3 is 1. The average Bonchev–Trinajstić information content (AvgIpc) is 3.34. The van der Waals surface area contributed by atoms with E-state index in [1.54, 1.807) is 35.5 Å². The molecule has 2 aromatic carbocycles. The third kappa shape index (κ3) is 4.21. The van der Waals surface area contributed by atoms with E-state index in [2.05, 4.69) is 18.2 Å². The highest BCUT2D eigenvalue weighted by molar-refractivity contribution is 7.13. The number of ether oxygens (including phenoxy) is 1. The minimum atomic E-state index is -0.802. The molecule has 1 fully saturated rings. The highest BCUT2D eigenvalue weighted by Gasteiger charge is 2.43. The SMILES string of the molecule is COc1ccccc1C(=O)N1CCC[C@](Cc2ccccc2-c2cccs2)(C(N)=O)C1. The van der Waals surface area contributed by atoms with Crippen molar-refractivity contribution in [3.63, 3.8) is 0 Å². The first kappa shape index (κ1) is 21.1. The molecule has 0 spiro atoms. The summed E-state index contributed by atoms with van der Waals surface area (Å²) in [6.45, 7) is 0.899. The third-order valence-corrected chi connectivity index (χ3v) is 6.96. The predicted octanol–water partition coefficient (Wildman–Crippen LogP) is 4.37. The molecule has 6 heteroatoms. The maximum Gasteiger partial charge on any atom is 0.257 e. The number of carbonyl (C=O) groups is 2. The second-order valence-electron chi connectivity index (χ2n) is 7.99. The van der Waals surface area contributed by atoms with E-state index in [1.165, 1.54) is 0 Å². The van der Waals surface area contributed by atoms with Gasteiger partial charge in [-0.1, -0.05) is 42.5 Å². The Morgan fingerprint density at radius 2 is 1.87 bits per heavy atom. The number of nitrogens with two attached hydrogens (primary N) is 1. The van der Waals surface area contributed by atoms with Crippen LogP contribution in [0.1, 0.15) is 28.8 Å². The van der Waals surface area contributed by atoms with Crippen molar-refractivity contribution < 1.29 is 14.3 Å². The summed E-state index contributed by atoms with van der Waals surface area (Å²) < 4.78 is 5.37.